The highest BCUT2D eigenvalue weighted by Crippen LogP contribution is 2.23. The first kappa shape index (κ1) is 18.3. The fourth-order valence-corrected chi connectivity index (χ4v) is 3.00. The largest absolute Gasteiger partial charge is 0.497 e. The Balaban J connectivity index is 1.65. The van der Waals surface area contributed by atoms with Gasteiger partial charge >= 0.3 is 0 Å². The van der Waals surface area contributed by atoms with E-state index >= 15 is 0 Å². The summed E-state index contributed by atoms with van der Waals surface area (Å²) >= 11 is 5.24. The number of amides is 1. The molecule has 1 aliphatic carbocycles. The predicted octanol–water partition coefficient (Wildman–Crippen LogP) is 2.18. The molecule has 0 bridgehead atoms. The number of hydrazine groups is 1. The van der Waals surface area contributed by atoms with Crippen molar-refractivity contribution in [2.45, 2.75) is 38.6 Å². The lowest BCUT2D eigenvalue weighted by atomic mass is 9.86. The van der Waals surface area contributed by atoms with Crippen LogP contribution in [0.5, 0.6) is 5.75 Å². The number of rotatable bonds is 5. The highest BCUT2D eigenvalue weighted by molar-refractivity contribution is 7.80. The maximum atomic E-state index is 11.9. The van der Waals surface area contributed by atoms with Gasteiger partial charge in [-0.25, -0.2) is 0 Å². The van der Waals surface area contributed by atoms with Gasteiger partial charge in [0, 0.05) is 11.7 Å². The topological polar surface area (TPSA) is 74.4 Å². The Bertz CT molecular complexity index is 550. The minimum atomic E-state index is -0.188. The maximum absolute atomic E-state index is 11.9. The van der Waals surface area contributed by atoms with Crippen molar-refractivity contribution < 1.29 is 9.53 Å². The third-order valence-electron chi connectivity index (χ3n) is 4.29. The average Bonchev–Trinajstić information content (AvgIpc) is 2.60. The minimum absolute atomic E-state index is 0.155. The highest BCUT2D eigenvalue weighted by atomic mass is 32.1. The lowest BCUT2D eigenvalue weighted by Crippen LogP contribution is -2.52. The number of hydrogen-bond acceptors (Lipinski definition) is 4. The fourth-order valence-electron chi connectivity index (χ4n) is 2.80. The number of carbonyl (C=O) groups excluding carboxylic acids is 1. The summed E-state index contributed by atoms with van der Waals surface area (Å²) < 4.78 is 5.09. The van der Waals surface area contributed by atoms with Crippen molar-refractivity contribution in [1.29, 1.82) is 0 Å². The number of hydrogen-bond donors (Lipinski definition) is 4. The van der Waals surface area contributed by atoms with Crippen LogP contribution < -0.4 is 26.2 Å². The van der Waals surface area contributed by atoms with Gasteiger partial charge in [-0.2, -0.15) is 0 Å². The quantitative estimate of drug-likeness (QED) is 0.482. The molecule has 0 aromatic heterocycles. The molecule has 132 valence electrons. The molecule has 0 aliphatic heterocycles. The van der Waals surface area contributed by atoms with Crippen LogP contribution >= 0.6 is 12.2 Å². The molecular formula is C17H26N4O2S. The summed E-state index contributed by atoms with van der Waals surface area (Å²) in [6.07, 6.45) is 4.85. The van der Waals surface area contributed by atoms with Gasteiger partial charge in [-0.05, 0) is 55.2 Å². The Hall–Kier alpha value is -2.02. The van der Waals surface area contributed by atoms with Gasteiger partial charge in [0.15, 0.2) is 5.11 Å². The molecule has 1 aromatic rings. The van der Waals surface area contributed by atoms with Crippen LogP contribution in [0.25, 0.3) is 0 Å². The van der Waals surface area contributed by atoms with Crippen molar-refractivity contribution in [1.82, 2.24) is 16.2 Å². The first-order valence-corrected chi connectivity index (χ1v) is 8.72. The Morgan fingerprint density at radius 1 is 1.21 bits per heavy atom. The third kappa shape index (κ3) is 5.88. The van der Waals surface area contributed by atoms with Crippen LogP contribution in [0, 0.1) is 5.92 Å². The second-order valence-electron chi connectivity index (χ2n) is 6.10. The van der Waals surface area contributed by atoms with E-state index in [1.807, 2.05) is 24.3 Å². The summed E-state index contributed by atoms with van der Waals surface area (Å²) in [6, 6.07) is 7.77. The number of benzene rings is 1. The number of carbonyl (C=O) groups is 1. The van der Waals surface area contributed by atoms with Crippen LogP contribution in [-0.4, -0.2) is 30.7 Å². The van der Waals surface area contributed by atoms with Crippen LogP contribution in [0.2, 0.25) is 0 Å². The van der Waals surface area contributed by atoms with E-state index in [1.165, 1.54) is 19.3 Å². The van der Waals surface area contributed by atoms with Gasteiger partial charge in [0.2, 0.25) is 0 Å². The van der Waals surface area contributed by atoms with E-state index in [2.05, 4.69) is 28.4 Å². The van der Waals surface area contributed by atoms with Gasteiger partial charge in [0.05, 0.1) is 13.7 Å². The summed E-state index contributed by atoms with van der Waals surface area (Å²) in [5.74, 6) is 1.19. The van der Waals surface area contributed by atoms with E-state index in [4.69, 9.17) is 17.0 Å². The van der Waals surface area contributed by atoms with Gasteiger partial charge in [-0.3, -0.25) is 15.6 Å². The Morgan fingerprint density at radius 2 is 1.92 bits per heavy atom. The van der Waals surface area contributed by atoms with E-state index in [-0.39, 0.29) is 12.5 Å². The van der Waals surface area contributed by atoms with E-state index in [9.17, 15) is 4.79 Å². The van der Waals surface area contributed by atoms with E-state index in [1.54, 1.807) is 7.11 Å². The van der Waals surface area contributed by atoms with Crippen molar-refractivity contribution in [3.05, 3.63) is 24.3 Å². The van der Waals surface area contributed by atoms with Crippen LogP contribution in [0.3, 0.4) is 0 Å². The molecule has 0 unspecified atom stereocenters. The fraction of sp³-hybridized carbons (Fsp3) is 0.529. The molecule has 1 fully saturated rings. The Labute approximate surface area is 148 Å². The van der Waals surface area contributed by atoms with Gasteiger partial charge < -0.3 is 15.4 Å². The van der Waals surface area contributed by atoms with E-state index in [0.717, 1.165) is 17.9 Å². The van der Waals surface area contributed by atoms with Crippen molar-refractivity contribution in [3.63, 3.8) is 0 Å². The Morgan fingerprint density at radius 3 is 2.58 bits per heavy atom. The Kier molecular flexibility index (Phi) is 7.11. The maximum Gasteiger partial charge on any atom is 0.257 e. The van der Waals surface area contributed by atoms with Gasteiger partial charge in [0.25, 0.3) is 5.91 Å². The normalized spacial score (nSPS) is 19.9. The summed E-state index contributed by atoms with van der Waals surface area (Å²) in [5.41, 5.74) is 6.22. The molecule has 24 heavy (non-hydrogen) atoms. The SMILES string of the molecule is COc1ccc(NCC(=O)NNC(=S)N[C@H]2CCCC[C@H]2C)cc1. The molecule has 2 atom stereocenters. The van der Waals surface area contributed by atoms with Crippen LogP contribution in [0.1, 0.15) is 32.6 Å². The number of methoxy groups -OCH3 is 1. The molecular weight excluding hydrogens is 324 g/mol. The zero-order chi connectivity index (χ0) is 17.4. The molecule has 2 rings (SSSR count). The number of ether oxygens (including phenoxy) is 1. The lowest BCUT2D eigenvalue weighted by Gasteiger charge is -2.30. The average molecular weight is 350 g/mol. The molecule has 1 aliphatic rings. The van der Waals surface area contributed by atoms with Crippen molar-refractivity contribution in [2.75, 3.05) is 19.0 Å². The zero-order valence-corrected chi connectivity index (χ0v) is 15.0. The molecule has 1 saturated carbocycles. The lowest BCUT2D eigenvalue weighted by molar-refractivity contribution is -0.119. The molecule has 4 N–H and O–H groups in total. The van der Waals surface area contributed by atoms with Gasteiger partial charge in [-0.15, -0.1) is 0 Å². The first-order chi connectivity index (χ1) is 11.6. The summed E-state index contributed by atoms with van der Waals surface area (Å²) in [5, 5.41) is 6.78. The van der Waals surface area contributed by atoms with E-state index in [0.29, 0.717) is 17.1 Å². The molecule has 1 amide bonds. The van der Waals surface area contributed by atoms with Gasteiger partial charge in [-0.1, -0.05) is 19.8 Å². The summed E-state index contributed by atoms with van der Waals surface area (Å²) in [7, 11) is 1.62. The van der Waals surface area contributed by atoms with Crippen LogP contribution in [-0.2, 0) is 4.79 Å². The molecule has 7 heteroatoms. The second-order valence-corrected chi connectivity index (χ2v) is 6.51. The molecule has 1 aromatic carbocycles. The smallest absolute Gasteiger partial charge is 0.257 e. The summed E-state index contributed by atoms with van der Waals surface area (Å²) in [6.45, 7) is 2.39. The molecule has 6 nitrogen and oxygen atoms in total. The van der Waals surface area contributed by atoms with E-state index < -0.39 is 0 Å². The molecule has 0 spiro atoms. The van der Waals surface area contributed by atoms with Gasteiger partial charge in [0.1, 0.15) is 5.75 Å². The third-order valence-corrected chi connectivity index (χ3v) is 4.51. The zero-order valence-electron chi connectivity index (χ0n) is 14.2. The van der Waals surface area contributed by atoms with Crippen molar-refractivity contribution in [3.8, 4) is 5.75 Å². The minimum Gasteiger partial charge on any atom is -0.497 e. The van der Waals surface area contributed by atoms with Crippen LogP contribution in [0.4, 0.5) is 5.69 Å². The second kappa shape index (κ2) is 9.32. The van der Waals surface area contributed by atoms with Crippen molar-refractivity contribution >= 4 is 28.9 Å². The number of nitrogens with one attached hydrogen (secondary N) is 4. The van der Waals surface area contributed by atoms with Crippen molar-refractivity contribution in [2.24, 2.45) is 5.92 Å². The molecule has 0 heterocycles. The predicted molar refractivity (Wildman–Crippen MR) is 99.9 cm³/mol. The van der Waals surface area contributed by atoms with Crippen LogP contribution in [0.15, 0.2) is 24.3 Å². The first-order valence-electron chi connectivity index (χ1n) is 8.31. The number of thiocarbonyl (C=S) groups is 1. The molecule has 0 saturated heterocycles. The molecule has 0 radical (unpaired) electrons. The summed E-state index contributed by atoms with van der Waals surface area (Å²) in [4.78, 5) is 11.9. The highest BCUT2D eigenvalue weighted by Gasteiger charge is 2.21. The number of anilines is 1. The monoisotopic (exact) mass is 350 g/mol. The standard InChI is InChI=1S/C17H26N4O2S/c1-12-5-3-4-6-15(12)19-17(24)21-20-16(22)11-18-13-7-9-14(23-2)10-8-13/h7-10,12,15,18H,3-6,11H2,1-2H3,(H,20,22)(H2,19,21,24)/t12-,15+/m1/s1.